The molecule has 1 fully saturated rings. The Morgan fingerprint density at radius 2 is 2.13 bits per heavy atom. The van der Waals surface area contributed by atoms with Crippen LogP contribution in [0.15, 0.2) is 45.8 Å². The highest BCUT2D eigenvalue weighted by Crippen LogP contribution is 2.21. The van der Waals surface area contributed by atoms with Gasteiger partial charge < -0.3 is 5.32 Å². The zero-order valence-corrected chi connectivity index (χ0v) is 14.8. The fraction of sp³-hybridized carbons (Fsp3) is 0.412. The maximum absolute atomic E-state index is 11.9. The highest BCUT2D eigenvalue weighted by atomic mass is 79.9. The number of anilines is 1. The topological polar surface area (TPSA) is 50.2 Å². The van der Waals surface area contributed by atoms with E-state index < -0.39 is 0 Å². The second-order valence-corrected chi connectivity index (χ2v) is 6.80. The van der Waals surface area contributed by atoms with Crippen molar-refractivity contribution >= 4 is 21.6 Å². The van der Waals surface area contributed by atoms with Gasteiger partial charge in [-0.15, -0.1) is 0 Å². The van der Waals surface area contributed by atoms with Crippen molar-refractivity contribution in [2.75, 3.05) is 18.4 Å². The summed E-state index contributed by atoms with van der Waals surface area (Å²) in [6.45, 7) is 3.05. The lowest BCUT2D eigenvalue weighted by Crippen LogP contribution is -2.42. The summed E-state index contributed by atoms with van der Waals surface area (Å²) < 4.78 is 1.88. The van der Waals surface area contributed by atoms with Crippen molar-refractivity contribution in [2.24, 2.45) is 7.05 Å². The fourth-order valence-electron chi connectivity index (χ4n) is 2.99. The monoisotopic (exact) mass is 376 g/mol. The van der Waals surface area contributed by atoms with Crippen molar-refractivity contribution in [3.05, 3.63) is 56.9 Å². The molecule has 1 saturated heterocycles. The van der Waals surface area contributed by atoms with Crippen molar-refractivity contribution in [2.45, 2.75) is 25.4 Å². The van der Waals surface area contributed by atoms with Gasteiger partial charge in [0.05, 0.1) is 11.9 Å². The summed E-state index contributed by atoms with van der Waals surface area (Å²) in [7, 11) is 1.65. The molecule has 5 nitrogen and oxygen atoms in total. The van der Waals surface area contributed by atoms with Crippen molar-refractivity contribution in [3.63, 3.8) is 0 Å². The van der Waals surface area contributed by atoms with Gasteiger partial charge in [-0.1, -0.05) is 30.3 Å². The number of halogens is 1. The summed E-state index contributed by atoms with van der Waals surface area (Å²) >= 11 is 3.38. The number of likely N-dealkylation sites (tertiary alicyclic amines) is 1. The standard InChI is InChI=1S/C17H21BrN4O/c1-21-17(23)16(18)15(10-19-21)20-14-8-5-9-22(12-14)11-13-6-3-2-4-7-13/h2-4,6-7,10,14,20H,5,8-9,11-12H2,1H3. The van der Waals surface area contributed by atoms with Gasteiger partial charge in [-0.25, -0.2) is 4.68 Å². The first-order valence-corrected chi connectivity index (χ1v) is 8.67. The van der Waals surface area contributed by atoms with E-state index in [0.717, 1.165) is 38.2 Å². The van der Waals surface area contributed by atoms with Crippen LogP contribution in [0.5, 0.6) is 0 Å². The average Bonchev–Trinajstić information content (AvgIpc) is 2.57. The quantitative estimate of drug-likeness (QED) is 0.890. The fourth-order valence-corrected chi connectivity index (χ4v) is 3.46. The largest absolute Gasteiger partial charge is 0.379 e. The van der Waals surface area contributed by atoms with Crippen LogP contribution in [0.3, 0.4) is 0 Å². The van der Waals surface area contributed by atoms with E-state index in [2.05, 4.69) is 55.5 Å². The number of aryl methyl sites for hydroxylation is 1. The van der Waals surface area contributed by atoms with E-state index in [9.17, 15) is 4.79 Å². The van der Waals surface area contributed by atoms with Gasteiger partial charge in [0.25, 0.3) is 5.56 Å². The third-order valence-electron chi connectivity index (χ3n) is 4.19. The zero-order valence-electron chi connectivity index (χ0n) is 13.2. The molecule has 2 aromatic rings. The molecule has 1 aromatic heterocycles. The summed E-state index contributed by atoms with van der Waals surface area (Å²) in [5.41, 5.74) is 2.00. The Kier molecular flexibility index (Phi) is 5.13. The van der Waals surface area contributed by atoms with Crippen LogP contribution in [0.1, 0.15) is 18.4 Å². The summed E-state index contributed by atoms with van der Waals surface area (Å²) in [6.07, 6.45) is 3.97. The van der Waals surface area contributed by atoms with E-state index in [0.29, 0.717) is 10.5 Å². The number of nitrogens with one attached hydrogen (secondary N) is 1. The number of rotatable bonds is 4. The van der Waals surface area contributed by atoms with Gasteiger partial charge >= 0.3 is 0 Å². The Bertz CT molecular complexity index is 716. The van der Waals surface area contributed by atoms with Gasteiger partial charge in [0.15, 0.2) is 0 Å². The minimum atomic E-state index is -0.119. The maximum Gasteiger partial charge on any atom is 0.282 e. The third kappa shape index (κ3) is 4.00. The Morgan fingerprint density at radius 3 is 2.91 bits per heavy atom. The van der Waals surface area contributed by atoms with Crippen LogP contribution in [0, 0.1) is 0 Å². The van der Waals surface area contributed by atoms with E-state index in [1.165, 1.54) is 10.2 Å². The minimum Gasteiger partial charge on any atom is -0.379 e. The molecule has 0 amide bonds. The zero-order chi connectivity index (χ0) is 16.2. The SMILES string of the molecule is Cn1ncc(NC2CCCN(Cc3ccccc3)C2)c(Br)c1=O. The number of hydrogen-bond donors (Lipinski definition) is 1. The van der Waals surface area contributed by atoms with Crippen molar-refractivity contribution < 1.29 is 0 Å². The predicted octanol–water partition coefficient (Wildman–Crippen LogP) is 2.62. The van der Waals surface area contributed by atoms with Crippen LogP contribution in [0.25, 0.3) is 0 Å². The number of nitrogens with zero attached hydrogens (tertiary/aromatic N) is 3. The molecule has 6 heteroatoms. The van der Waals surface area contributed by atoms with Crippen LogP contribution in [0.2, 0.25) is 0 Å². The second kappa shape index (κ2) is 7.27. The van der Waals surface area contributed by atoms with Crippen LogP contribution in [0.4, 0.5) is 5.69 Å². The molecule has 0 saturated carbocycles. The van der Waals surface area contributed by atoms with Gasteiger partial charge in [-0.3, -0.25) is 9.69 Å². The minimum absolute atomic E-state index is 0.119. The van der Waals surface area contributed by atoms with Crippen LogP contribution in [-0.2, 0) is 13.6 Å². The van der Waals surface area contributed by atoms with E-state index in [-0.39, 0.29) is 5.56 Å². The number of benzene rings is 1. The Hall–Kier alpha value is -1.66. The molecule has 1 unspecified atom stereocenters. The smallest absolute Gasteiger partial charge is 0.282 e. The van der Waals surface area contributed by atoms with Crippen LogP contribution in [-0.4, -0.2) is 33.8 Å². The molecule has 0 spiro atoms. The third-order valence-corrected chi connectivity index (χ3v) is 4.96. The first-order valence-electron chi connectivity index (χ1n) is 7.88. The highest BCUT2D eigenvalue weighted by Gasteiger charge is 2.21. The summed E-state index contributed by atoms with van der Waals surface area (Å²) in [5, 5.41) is 7.56. The molecular weight excluding hydrogens is 356 g/mol. The molecule has 122 valence electrons. The Balaban J connectivity index is 1.65. The van der Waals surface area contributed by atoms with Gasteiger partial charge in [0, 0.05) is 26.2 Å². The Morgan fingerprint density at radius 1 is 1.35 bits per heavy atom. The lowest BCUT2D eigenvalue weighted by molar-refractivity contribution is 0.208. The number of hydrogen-bond acceptors (Lipinski definition) is 4. The van der Waals surface area contributed by atoms with E-state index in [1.54, 1.807) is 13.2 Å². The van der Waals surface area contributed by atoms with Gasteiger partial charge in [0.2, 0.25) is 0 Å². The van der Waals surface area contributed by atoms with Crippen molar-refractivity contribution in [3.8, 4) is 0 Å². The lowest BCUT2D eigenvalue weighted by Gasteiger charge is -2.33. The van der Waals surface area contributed by atoms with E-state index >= 15 is 0 Å². The summed E-state index contributed by atoms with van der Waals surface area (Å²) in [6, 6.07) is 10.9. The summed E-state index contributed by atoms with van der Waals surface area (Å²) in [4.78, 5) is 14.4. The highest BCUT2D eigenvalue weighted by molar-refractivity contribution is 9.10. The molecule has 0 aliphatic carbocycles. The molecule has 0 radical (unpaired) electrons. The Labute approximate surface area is 144 Å². The van der Waals surface area contributed by atoms with E-state index in [1.807, 2.05) is 6.07 Å². The lowest BCUT2D eigenvalue weighted by atomic mass is 10.0. The predicted molar refractivity (Wildman–Crippen MR) is 95.5 cm³/mol. The molecule has 1 aliphatic rings. The molecule has 23 heavy (non-hydrogen) atoms. The van der Waals surface area contributed by atoms with E-state index in [4.69, 9.17) is 0 Å². The van der Waals surface area contributed by atoms with Gasteiger partial charge in [-0.05, 0) is 40.9 Å². The number of piperidine rings is 1. The molecule has 1 atom stereocenters. The van der Waals surface area contributed by atoms with Crippen molar-refractivity contribution in [1.82, 2.24) is 14.7 Å². The first-order chi connectivity index (χ1) is 11.1. The first kappa shape index (κ1) is 16.2. The molecule has 2 heterocycles. The summed E-state index contributed by atoms with van der Waals surface area (Å²) in [5.74, 6) is 0. The average molecular weight is 377 g/mol. The van der Waals surface area contributed by atoms with Crippen molar-refractivity contribution in [1.29, 1.82) is 0 Å². The van der Waals surface area contributed by atoms with Crippen LogP contribution < -0.4 is 10.9 Å². The second-order valence-electron chi connectivity index (χ2n) is 6.01. The molecule has 3 rings (SSSR count). The molecule has 0 bridgehead atoms. The maximum atomic E-state index is 11.9. The number of aromatic nitrogens is 2. The van der Waals surface area contributed by atoms with Crippen LogP contribution >= 0.6 is 15.9 Å². The normalized spacial score (nSPS) is 18.8. The molecular formula is C17H21BrN4O. The molecule has 1 aliphatic heterocycles. The van der Waals surface area contributed by atoms with Gasteiger partial charge in [0.1, 0.15) is 4.47 Å². The molecule has 1 aromatic carbocycles. The van der Waals surface area contributed by atoms with Gasteiger partial charge in [-0.2, -0.15) is 5.10 Å². The molecule has 1 N–H and O–H groups in total.